The van der Waals surface area contributed by atoms with Gasteiger partial charge < -0.3 is 24.2 Å². The predicted molar refractivity (Wildman–Crippen MR) is 174 cm³/mol. The fourth-order valence-corrected chi connectivity index (χ4v) is 5.98. The third-order valence-electron chi connectivity index (χ3n) is 8.25. The topological polar surface area (TPSA) is 85.5 Å². The second kappa shape index (κ2) is 12.7. The van der Waals surface area contributed by atoms with Crippen molar-refractivity contribution in [1.82, 2.24) is 9.61 Å². The van der Waals surface area contributed by atoms with Gasteiger partial charge in [-0.05, 0) is 82.9 Å². The number of anilines is 1. The van der Waals surface area contributed by atoms with Gasteiger partial charge in [0.15, 0.2) is 6.10 Å². The number of hydrogen-bond donors (Lipinski definition) is 1. The van der Waals surface area contributed by atoms with E-state index < -0.39 is 23.5 Å². The molecule has 8 nitrogen and oxygen atoms in total. The maximum absolute atomic E-state index is 14.7. The molecule has 1 unspecified atom stereocenters. The summed E-state index contributed by atoms with van der Waals surface area (Å²) in [4.78, 5) is 15.6. The van der Waals surface area contributed by atoms with Gasteiger partial charge in [-0.25, -0.2) is 13.7 Å². The van der Waals surface area contributed by atoms with Gasteiger partial charge in [0.25, 0.3) is 0 Å². The van der Waals surface area contributed by atoms with Crippen LogP contribution in [0, 0.1) is 12.7 Å². The van der Waals surface area contributed by atoms with E-state index in [0.717, 1.165) is 40.7 Å². The molecule has 1 aliphatic heterocycles. The molecular formula is C36H42FN3O5. The van der Waals surface area contributed by atoms with Gasteiger partial charge in [0.1, 0.15) is 11.6 Å². The van der Waals surface area contributed by atoms with Crippen molar-refractivity contribution in [2.24, 2.45) is 0 Å². The molecule has 238 valence electrons. The number of nitrogens with zero attached hydrogens (tertiary/aromatic N) is 3. The summed E-state index contributed by atoms with van der Waals surface area (Å²) < 4.78 is 34.4. The average molecular weight is 616 g/mol. The monoisotopic (exact) mass is 615 g/mol. The second-order valence-corrected chi connectivity index (χ2v) is 12.8. The zero-order valence-electron chi connectivity index (χ0n) is 26.9. The van der Waals surface area contributed by atoms with Gasteiger partial charge in [-0.15, -0.1) is 6.58 Å². The summed E-state index contributed by atoms with van der Waals surface area (Å²) in [5, 5.41) is 15.3. The number of methoxy groups -OCH3 is 1. The third-order valence-corrected chi connectivity index (χ3v) is 8.25. The lowest BCUT2D eigenvalue weighted by Gasteiger charge is -2.41. The Balaban J connectivity index is 1.67. The number of benzene rings is 2. The van der Waals surface area contributed by atoms with E-state index in [4.69, 9.17) is 19.3 Å². The lowest BCUT2D eigenvalue weighted by Crippen LogP contribution is -2.45. The molecule has 3 heterocycles. The van der Waals surface area contributed by atoms with Crippen LogP contribution < -0.4 is 4.90 Å². The molecule has 4 aromatic rings. The minimum absolute atomic E-state index is 0.133. The van der Waals surface area contributed by atoms with Crippen LogP contribution in [0.1, 0.15) is 57.8 Å². The zero-order valence-corrected chi connectivity index (χ0v) is 26.9. The van der Waals surface area contributed by atoms with Crippen LogP contribution in [0.4, 0.5) is 10.1 Å². The van der Waals surface area contributed by atoms with Crippen LogP contribution in [0.2, 0.25) is 0 Å². The highest BCUT2D eigenvalue weighted by atomic mass is 19.1. The maximum Gasteiger partial charge on any atom is 0.339 e. The molecule has 0 amide bonds. The Bertz CT molecular complexity index is 1700. The van der Waals surface area contributed by atoms with Crippen molar-refractivity contribution in [3.8, 4) is 28.1 Å². The summed E-state index contributed by atoms with van der Waals surface area (Å²) in [6.07, 6.45) is 4.25. The number of carbonyl (C=O) groups is 1. The second-order valence-electron chi connectivity index (χ2n) is 12.8. The largest absolute Gasteiger partial charge is 0.507 e. The Kier molecular flexibility index (Phi) is 9.05. The third kappa shape index (κ3) is 6.74. The van der Waals surface area contributed by atoms with Gasteiger partial charge in [0.05, 0.1) is 47.4 Å². The van der Waals surface area contributed by atoms with E-state index in [1.54, 1.807) is 12.1 Å². The van der Waals surface area contributed by atoms with Crippen LogP contribution >= 0.6 is 0 Å². The Labute approximate surface area is 264 Å². The van der Waals surface area contributed by atoms with E-state index in [1.807, 2.05) is 62.7 Å². The van der Waals surface area contributed by atoms with Gasteiger partial charge in [0.2, 0.25) is 0 Å². The molecule has 2 aromatic carbocycles. The maximum atomic E-state index is 14.7. The molecule has 0 spiro atoms. The number of hydrogen-bond acceptors (Lipinski definition) is 7. The number of pyridine rings is 1. The SMILES string of the molecule is C=CCOC1(C)CCN(c2c(C(OC(C)(C)C)C(=O)OC)c(C)cn3nc(-c4cccc(-c5c(O)cccc5F)c4)cc23)CC1. The molecule has 0 aliphatic carbocycles. The van der Waals surface area contributed by atoms with Crippen molar-refractivity contribution in [2.45, 2.75) is 64.8 Å². The molecule has 1 fully saturated rings. The van der Waals surface area contributed by atoms with Crippen LogP contribution in [0.5, 0.6) is 5.75 Å². The number of ether oxygens (including phenoxy) is 3. The molecular weight excluding hydrogens is 573 g/mol. The average Bonchev–Trinajstić information content (AvgIpc) is 3.42. The molecule has 45 heavy (non-hydrogen) atoms. The number of piperidine rings is 1. The number of aromatic nitrogens is 2. The summed E-state index contributed by atoms with van der Waals surface area (Å²) in [6.45, 7) is 15.5. The first-order valence-corrected chi connectivity index (χ1v) is 15.2. The lowest BCUT2D eigenvalue weighted by atomic mass is 9.91. The molecule has 0 bridgehead atoms. The smallest absolute Gasteiger partial charge is 0.339 e. The number of rotatable bonds is 9. The molecule has 9 heteroatoms. The molecule has 5 rings (SSSR count). The number of fused-ring (bicyclic) bond motifs is 1. The van der Waals surface area contributed by atoms with Gasteiger partial charge in [0, 0.05) is 30.4 Å². The Morgan fingerprint density at radius 3 is 2.49 bits per heavy atom. The Hall–Kier alpha value is -4.21. The highest BCUT2D eigenvalue weighted by molar-refractivity contribution is 5.88. The molecule has 2 aromatic heterocycles. The van der Waals surface area contributed by atoms with Crippen molar-refractivity contribution in [1.29, 1.82) is 0 Å². The fourth-order valence-electron chi connectivity index (χ4n) is 5.98. The van der Waals surface area contributed by atoms with Crippen molar-refractivity contribution in [3.05, 3.63) is 84.3 Å². The van der Waals surface area contributed by atoms with Crippen molar-refractivity contribution in [3.63, 3.8) is 0 Å². The van der Waals surface area contributed by atoms with E-state index in [2.05, 4.69) is 18.4 Å². The van der Waals surface area contributed by atoms with E-state index in [9.17, 15) is 14.3 Å². The lowest BCUT2D eigenvalue weighted by molar-refractivity contribution is -0.164. The Morgan fingerprint density at radius 2 is 1.84 bits per heavy atom. The summed E-state index contributed by atoms with van der Waals surface area (Å²) in [6, 6.07) is 13.5. The first-order chi connectivity index (χ1) is 21.3. The molecule has 0 radical (unpaired) electrons. The summed E-state index contributed by atoms with van der Waals surface area (Å²) in [5.41, 5.74) is 4.37. The summed E-state index contributed by atoms with van der Waals surface area (Å²) >= 11 is 0. The van der Waals surface area contributed by atoms with Gasteiger partial charge in [-0.3, -0.25) is 0 Å². The summed E-state index contributed by atoms with van der Waals surface area (Å²) in [7, 11) is 1.37. The van der Waals surface area contributed by atoms with E-state index in [-0.39, 0.29) is 16.9 Å². The van der Waals surface area contributed by atoms with E-state index >= 15 is 0 Å². The first-order valence-electron chi connectivity index (χ1n) is 15.2. The number of esters is 1. The van der Waals surface area contributed by atoms with E-state index in [1.165, 1.54) is 25.3 Å². The van der Waals surface area contributed by atoms with Crippen LogP contribution in [0.15, 0.2) is 67.4 Å². The van der Waals surface area contributed by atoms with Crippen LogP contribution in [-0.4, -0.2) is 58.7 Å². The van der Waals surface area contributed by atoms with Gasteiger partial charge in [-0.2, -0.15) is 5.10 Å². The first kappa shape index (κ1) is 32.2. The molecule has 1 N–H and O–H groups in total. The minimum Gasteiger partial charge on any atom is -0.507 e. The number of phenolic OH excluding ortho intramolecular Hbond substituents is 1. The molecule has 0 saturated carbocycles. The van der Waals surface area contributed by atoms with Crippen molar-refractivity contribution >= 4 is 17.2 Å². The zero-order chi connectivity index (χ0) is 32.5. The highest BCUT2D eigenvalue weighted by Gasteiger charge is 2.37. The number of carbonyl (C=O) groups excluding carboxylic acids is 1. The number of aryl methyl sites for hydroxylation is 1. The normalized spacial score (nSPS) is 15.7. The fraction of sp³-hybridized carbons (Fsp3) is 0.389. The Morgan fingerprint density at radius 1 is 1.16 bits per heavy atom. The van der Waals surface area contributed by atoms with Crippen LogP contribution in [0.25, 0.3) is 27.9 Å². The van der Waals surface area contributed by atoms with Crippen molar-refractivity contribution < 1.29 is 28.5 Å². The molecule has 1 aliphatic rings. The highest BCUT2D eigenvalue weighted by Crippen LogP contribution is 2.42. The minimum atomic E-state index is -0.967. The standard InChI is InChI=1S/C36H42FN3O5/c1-8-19-44-36(6)15-17-39(18-16-36)32-28-21-27(24-11-9-12-25(20-24)31-26(37)13-10-14-29(31)41)38-40(28)22-23(2)30(32)33(34(42)43-7)45-35(3,4)5/h8-14,20-22,33,41H,1,15-19H2,2-7H3. The quantitative estimate of drug-likeness (QED) is 0.155. The number of phenols is 1. The molecule has 1 atom stereocenters. The van der Waals surface area contributed by atoms with Crippen LogP contribution in [-0.2, 0) is 19.0 Å². The van der Waals surface area contributed by atoms with Crippen molar-refractivity contribution in [2.75, 3.05) is 31.7 Å². The molecule has 1 saturated heterocycles. The number of halogens is 1. The summed E-state index contributed by atoms with van der Waals surface area (Å²) in [5.74, 6) is -1.12. The number of aromatic hydroxyl groups is 1. The van der Waals surface area contributed by atoms with E-state index in [0.29, 0.717) is 31.0 Å². The predicted octanol–water partition coefficient (Wildman–Crippen LogP) is 7.41. The van der Waals surface area contributed by atoms with Gasteiger partial charge >= 0.3 is 5.97 Å². The van der Waals surface area contributed by atoms with Gasteiger partial charge in [-0.1, -0.05) is 30.3 Å². The van der Waals surface area contributed by atoms with Crippen LogP contribution in [0.3, 0.4) is 0 Å².